The van der Waals surface area contributed by atoms with Crippen molar-refractivity contribution in [3.05, 3.63) is 12.2 Å². The van der Waals surface area contributed by atoms with Gasteiger partial charge in [-0.25, -0.2) is 4.79 Å². The van der Waals surface area contributed by atoms with E-state index in [0.29, 0.717) is 6.04 Å². The highest BCUT2D eigenvalue weighted by Crippen LogP contribution is 2.21. The summed E-state index contributed by atoms with van der Waals surface area (Å²) >= 11 is 0. The third-order valence-electron chi connectivity index (χ3n) is 1.52. The summed E-state index contributed by atoms with van der Waals surface area (Å²) in [5, 5.41) is 8.72. The zero-order chi connectivity index (χ0) is 11.6. The number of hydrogen-bond donors (Lipinski definition) is 1. The van der Waals surface area contributed by atoms with Crippen LogP contribution < -0.4 is 0 Å². The second kappa shape index (κ2) is 4.42. The summed E-state index contributed by atoms with van der Waals surface area (Å²) in [7, 11) is -3.45. The van der Waals surface area contributed by atoms with Gasteiger partial charge >= 0.3 is 5.97 Å². The first kappa shape index (κ1) is 13.6. The molecule has 0 heterocycles. The van der Waals surface area contributed by atoms with Crippen molar-refractivity contribution >= 4 is 22.6 Å². The van der Waals surface area contributed by atoms with Gasteiger partial charge in [-0.15, -0.1) is 0 Å². The molecule has 82 valence electrons. The predicted octanol–water partition coefficient (Wildman–Crippen LogP) is 2.68. The maximum Gasteiger partial charge on any atom is 0.330 e. The lowest BCUT2D eigenvalue weighted by atomic mass is 10.4. The van der Waals surface area contributed by atoms with Crippen LogP contribution in [0.25, 0.3) is 0 Å². The Morgan fingerprint density at radius 2 is 1.71 bits per heavy atom. The Morgan fingerprint density at radius 1 is 1.29 bits per heavy atom. The molecular formula is C9H20O3Si2. The number of carboxylic acid groups (broad SMARTS) is 1. The lowest BCUT2D eigenvalue weighted by Crippen LogP contribution is -2.42. The summed E-state index contributed by atoms with van der Waals surface area (Å²) in [4.78, 5) is 10.6. The van der Waals surface area contributed by atoms with E-state index in [-0.39, 0.29) is 5.57 Å². The smallest absolute Gasteiger partial charge is 0.330 e. The van der Waals surface area contributed by atoms with E-state index in [4.69, 9.17) is 9.22 Å². The molecule has 0 rings (SSSR count). The van der Waals surface area contributed by atoms with E-state index in [0.717, 1.165) is 0 Å². The maximum atomic E-state index is 10.6. The molecule has 0 aliphatic carbocycles. The average molecular weight is 232 g/mol. The van der Waals surface area contributed by atoms with Crippen LogP contribution in [-0.2, 0) is 8.91 Å². The Morgan fingerprint density at radius 3 is 2.00 bits per heavy atom. The van der Waals surface area contributed by atoms with Crippen LogP contribution >= 0.6 is 0 Å². The highest BCUT2D eigenvalue weighted by Gasteiger charge is 2.31. The molecule has 0 unspecified atom stereocenters. The Balaban J connectivity index is 4.35. The van der Waals surface area contributed by atoms with Gasteiger partial charge in [-0.3, -0.25) is 0 Å². The molecule has 0 aliphatic heterocycles. The van der Waals surface area contributed by atoms with Gasteiger partial charge in [0, 0.05) is 5.57 Å². The number of hydrogen-bond acceptors (Lipinski definition) is 2. The third kappa shape index (κ3) is 6.12. The molecule has 1 N–H and O–H groups in total. The summed E-state index contributed by atoms with van der Waals surface area (Å²) < 4.78 is 6.00. The van der Waals surface area contributed by atoms with Gasteiger partial charge < -0.3 is 9.22 Å². The fourth-order valence-electron chi connectivity index (χ4n) is 1.45. The molecule has 0 saturated carbocycles. The molecule has 0 radical (unpaired) electrons. The molecule has 0 atom stereocenters. The van der Waals surface area contributed by atoms with Crippen LogP contribution in [0.1, 0.15) is 0 Å². The molecule has 0 saturated heterocycles. The van der Waals surface area contributed by atoms with Gasteiger partial charge in [0.2, 0.25) is 0 Å². The highest BCUT2D eigenvalue weighted by molar-refractivity contribution is 6.84. The van der Waals surface area contributed by atoms with E-state index in [1.54, 1.807) is 0 Å². The fraction of sp³-hybridized carbons (Fsp3) is 0.667. The molecule has 0 aliphatic rings. The van der Waals surface area contributed by atoms with Crippen molar-refractivity contribution in [2.75, 3.05) is 0 Å². The Kier molecular flexibility index (Phi) is 4.29. The lowest BCUT2D eigenvalue weighted by Gasteiger charge is -2.31. The molecule has 0 spiro atoms. The van der Waals surface area contributed by atoms with Crippen molar-refractivity contribution in [1.29, 1.82) is 0 Å². The molecule has 0 fully saturated rings. The first-order valence-corrected chi connectivity index (χ1v) is 11.2. The zero-order valence-electron chi connectivity index (χ0n) is 9.68. The van der Waals surface area contributed by atoms with E-state index in [9.17, 15) is 4.79 Å². The second-order valence-corrected chi connectivity index (χ2v) is 14.0. The van der Waals surface area contributed by atoms with E-state index in [1.165, 1.54) is 0 Å². The van der Waals surface area contributed by atoms with Gasteiger partial charge in [0.05, 0.1) is 0 Å². The molecule has 0 aromatic heterocycles. The first-order valence-electron chi connectivity index (χ1n) is 4.65. The van der Waals surface area contributed by atoms with Gasteiger partial charge in [0.1, 0.15) is 0 Å². The summed E-state index contributed by atoms with van der Waals surface area (Å²) in [6.45, 7) is 14.0. The molecule has 3 nitrogen and oxygen atoms in total. The largest absolute Gasteiger partial charge is 0.478 e. The lowest BCUT2D eigenvalue weighted by molar-refractivity contribution is -0.132. The van der Waals surface area contributed by atoms with Crippen molar-refractivity contribution in [2.45, 2.75) is 38.8 Å². The minimum atomic E-state index is -1.88. The van der Waals surface area contributed by atoms with Crippen molar-refractivity contribution in [2.24, 2.45) is 0 Å². The molecule has 0 aromatic rings. The maximum absolute atomic E-state index is 10.6. The summed E-state index contributed by atoms with van der Waals surface area (Å²) in [5.74, 6) is -0.912. The van der Waals surface area contributed by atoms with E-state index in [2.05, 4.69) is 26.2 Å². The predicted molar refractivity (Wildman–Crippen MR) is 63.5 cm³/mol. The van der Waals surface area contributed by atoms with Crippen molar-refractivity contribution in [3.63, 3.8) is 0 Å². The number of aliphatic carboxylic acids is 1. The molecule has 0 aromatic carbocycles. The summed E-state index contributed by atoms with van der Waals surface area (Å²) in [6, 6.07) is 0.507. The number of rotatable bonds is 5. The van der Waals surface area contributed by atoms with Gasteiger partial charge in [-0.1, -0.05) is 6.58 Å². The number of carbonyl (C=O) groups is 1. The van der Waals surface area contributed by atoms with Crippen LogP contribution in [0.3, 0.4) is 0 Å². The summed E-state index contributed by atoms with van der Waals surface area (Å²) in [6.07, 6.45) is 0. The fourth-order valence-corrected chi connectivity index (χ4v) is 9.55. The minimum absolute atomic E-state index is 0.264. The van der Waals surface area contributed by atoms with E-state index >= 15 is 0 Å². The molecular weight excluding hydrogens is 212 g/mol. The van der Waals surface area contributed by atoms with Crippen LogP contribution in [0.5, 0.6) is 0 Å². The van der Waals surface area contributed by atoms with Crippen molar-refractivity contribution < 1.29 is 14.0 Å². The Labute approximate surface area is 88.0 Å². The molecule has 5 heteroatoms. The second-order valence-electron chi connectivity index (χ2n) is 5.06. The van der Waals surface area contributed by atoms with Gasteiger partial charge in [0.25, 0.3) is 0 Å². The normalized spacial score (nSPS) is 12.6. The van der Waals surface area contributed by atoms with Crippen LogP contribution in [0.2, 0.25) is 38.8 Å². The zero-order valence-corrected chi connectivity index (χ0v) is 11.7. The monoisotopic (exact) mass is 232 g/mol. The molecule has 0 amide bonds. The SMILES string of the molecule is C=C(C[Si](C)(C)O[Si](C)(C)C)C(=O)O. The van der Waals surface area contributed by atoms with Gasteiger partial charge in [0.15, 0.2) is 16.6 Å². The van der Waals surface area contributed by atoms with Crippen LogP contribution in [-0.4, -0.2) is 27.7 Å². The Bertz CT molecular complexity index is 241. The van der Waals surface area contributed by atoms with Gasteiger partial charge in [-0.05, 0) is 38.8 Å². The first-order chi connectivity index (χ1) is 6.03. The van der Waals surface area contributed by atoms with E-state index in [1.807, 2.05) is 13.1 Å². The van der Waals surface area contributed by atoms with Crippen LogP contribution in [0, 0.1) is 0 Å². The topological polar surface area (TPSA) is 46.5 Å². The van der Waals surface area contributed by atoms with E-state index < -0.39 is 22.6 Å². The summed E-state index contributed by atoms with van der Waals surface area (Å²) in [5.41, 5.74) is 0.264. The standard InChI is InChI=1S/C9H20O3Si2/c1-8(9(10)11)7-14(5,6)12-13(2,3)4/h1,7H2,2-6H3,(H,10,11). The highest BCUT2D eigenvalue weighted by atomic mass is 28.4. The third-order valence-corrected chi connectivity index (χ3v) is 7.46. The minimum Gasteiger partial charge on any atom is -0.478 e. The Hall–Kier alpha value is -0.396. The van der Waals surface area contributed by atoms with Crippen LogP contribution in [0.15, 0.2) is 12.2 Å². The quantitative estimate of drug-likeness (QED) is 0.585. The average Bonchev–Trinajstić information content (AvgIpc) is 1.78. The number of carboxylic acids is 1. The van der Waals surface area contributed by atoms with Gasteiger partial charge in [-0.2, -0.15) is 0 Å². The van der Waals surface area contributed by atoms with Crippen molar-refractivity contribution in [1.82, 2.24) is 0 Å². The molecule has 0 bridgehead atoms. The van der Waals surface area contributed by atoms with Crippen molar-refractivity contribution in [3.8, 4) is 0 Å². The molecule has 14 heavy (non-hydrogen) atoms. The van der Waals surface area contributed by atoms with Crippen LogP contribution in [0.4, 0.5) is 0 Å².